The number of phosphoric ester groups is 2. The number of hydrogen-bond acceptors (Lipinski definition) is 15. The summed E-state index contributed by atoms with van der Waals surface area (Å²) in [5.74, 6) is 0.0980. The van der Waals surface area contributed by atoms with Gasteiger partial charge in [0.1, 0.15) is 19.3 Å². The molecular formula is C70H136O17P2. The molecular weight excluding hydrogens is 1170 g/mol. The Hall–Kier alpha value is -1.94. The standard InChI is InChI=1S/C70H136O17P2/c1-8-12-13-14-15-16-17-18-19-20-21-22-23-24-29-39-46-53-69(74)86-65(57-80-67(72)51-44-37-28-26-25-27-34-41-48-61(5)9-2)59-84-88(76,77)82-55-64(71)56-83-89(78,79)85-60-66(87-70(75)54-47-40-33-31-36-43-50-63(7)11-4)58-81-68(73)52-45-38-32-30-35-42-49-62(6)10-3/h61-66,71H,8-60H2,1-7H3,(H,76,77)(H,78,79)/t61?,62?,63?,64-,65-,66-/m1/s1. The minimum Gasteiger partial charge on any atom is -0.462 e. The molecule has 19 heteroatoms. The van der Waals surface area contributed by atoms with Gasteiger partial charge in [-0.05, 0) is 43.4 Å². The van der Waals surface area contributed by atoms with Crippen molar-refractivity contribution in [3.63, 3.8) is 0 Å². The number of carbonyl (C=O) groups excluding carboxylic acids is 4. The van der Waals surface area contributed by atoms with E-state index in [9.17, 15) is 43.2 Å². The third kappa shape index (κ3) is 60.7. The number of carbonyl (C=O) groups is 4. The number of aliphatic hydroxyl groups is 1. The number of hydrogen-bond donors (Lipinski definition) is 3. The van der Waals surface area contributed by atoms with Gasteiger partial charge in [0.2, 0.25) is 0 Å². The van der Waals surface area contributed by atoms with Crippen LogP contribution in [0, 0.1) is 17.8 Å². The zero-order valence-electron chi connectivity index (χ0n) is 57.9. The predicted octanol–water partition coefficient (Wildman–Crippen LogP) is 19.8. The first-order valence-electron chi connectivity index (χ1n) is 36.5. The predicted molar refractivity (Wildman–Crippen MR) is 358 cm³/mol. The lowest BCUT2D eigenvalue weighted by atomic mass is 9.99. The Bertz CT molecular complexity index is 1760. The molecule has 17 nitrogen and oxygen atoms in total. The molecule has 0 aromatic rings. The maximum atomic E-state index is 13.0. The summed E-state index contributed by atoms with van der Waals surface area (Å²) in [7, 11) is -9.90. The Labute approximate surface area is 543 Å². The summed E-state index contributed by atoms with van der Waals surface area (Å²) >= 11 is 0. The molecule has 0 saturated heterocycles. The molecule has 3 N–H and O–H groups in total. The molecule has 0 aromatic carbocycles. The van der Waals surface area contributed by atoms with E-state index in [2.05, 4.69) is 48.5 Å². The van der Waals surface area contributed by atoms with Crippen molar-refractivity contribution in [3.05, 3.63) is 0 Å². The molecule has 0 fully saturated rings. The number of rotatable bonds is 68. The summed E-state index contributed by atoms with van der Waals surface area (Å²) < 4.78 is 68.3. The molecule has 528 valence electrons. The Morgan fingerprint density at radius 2 is 0.539 bits per heavy atom. The lowest BCUT2D eigenvalue weighted by Crippen LogP contribution is -2.30. The molecule has 0 amide bonds. The van der Waals surface area contributed by atoms with Crippen LogP contribution in [-0.4, -0.2) is 96.7 Å². The Morgan fingerprint density at radius 3 is 0.798 bits per heavy atom. The molecule has 89 heavy (non-hydrogen) atoms. The minimum absolute atomic E-state index is 0.102. The van der Waals surface area contributed by atoms with Crippen LogP contribution in [0.15, 0.2) is 0 Å². The van der Waals surface area contributed by atoms with Crippen molar-refractivity contribution in [1.82, 2.24) is 0 Å². The van der Waals surface area contributed by atoms with Gasteiger partial charge >= 0.3 is 39.5 Å². The normalized spacial score (nSPS) is 15.1. The highest BCUT2D eigenvalue weighted by atomic mass is 31.2. The molecule has 0 saturated carbocycles. The zero-order valence-corrected chi connectivity index (χ0v) is 59.7. The van der Waals surface area contributed by atoms with Crippen LogP contribution >= 0.6 is 15.6 Å². The fourth-order valence-electron chi connectivity index (χ4n) is 10.4. The van der Waals surface area contributed by atoms with Crippen LogP contribution in [0.25, 0.3) is 0 Å². The van der Waals surface area contributed by atoms with E-state index in [1.807, 2.05) is 0 Å². The number of aliphatic hydroxyl groups excluding tert-OH is 1. The smallest absolute Gasteiger partial charge is 0.462 e. The molecule has 0 rings (SSSR count). The van der Waals surface area contributed by atoms with E-state index in [0.717, 1.165) is 114 Å². The molecule has 0 bridgehead atoms. The molecule has 0 aromatic heterocycles. The lowest BCUT2D eigenvalue weighted by molar-refractivity contribution is -0.161. The van der Waals surface area contributed by atoms with Gasteiger partial charge in [0.05, 0.1) is 26.4 Å². The summed E-state index contributed by atoms with van der Waals surface area (Å²) in [6, 6.07) is 0. The van der Waals surface area contributed by atoms with Crippen LogP contribution in [0.5, 0.6) is 0 Å². The van der Waals surface area contributed by atoms with Gasteiger partial charge in [0.15, 0.2) is 12.2 Å². The van der Waals surface area contributed by atoms with E-state index in [4.69, 9.17) is 37.0 Å². The van der Waals surface area contributed by atoms with Crippen LogP contribution < -0.4 is 0 Å². The van der Waals surface area contributed by atoms with E-state index >= 15 is 0 Å². The second-order valence-corrected chi connectivity index (χ2v) is 28.9. The van der Waals surface area contributed by atoms with Crippen molar-refractivity contribution in [3.8, 4) is 0 Å². The Morgan fingerprint density at radius 1 is 0.315 bits per heavy atom. The minimum atomic E-state index is -4.95. The van der Waals surface area contributed by atoms with Gasteiger partial charge in [-0.1, -0.05) is 299 Å². The fourth-order valence-corrected chi connectivity index (χ4v) is 12.0. The van der Waals surface area contributed by atoms with E-state index in [-0.39, 0.29) is 25.7 Å². The van der Waals surface area contributed by atoms with Crippen molar-refractivity contribution in [1.29, 1.82) is 0 Å². The average molecular weight is 1310 g/mol. The third-order valence-electron chi connectivity index (χ3n) is 17.2. The fraction of sp³-hybridized carbons (Fsp3) is 0.943. The first kappa shape index (κ1) is 87.1. The SMILES string of the molecule is CCCCCCCCCCCCCCCCCCCC(=O)O[C@H](COC(=O)CCCCCCCCCCC(C)CC)COP(=O)(O)OC[C@@H](O)COP(=O)(O)OC[C@@H](COC(=O)CCCCCCCCC(C)CC)OC(=O)CCCCCCCCC(C)CC. The van der Waals surface area contributed by atoms with Gasteiger partial charge in [0.25, 0.3) is 0 Å². The van der Waals surface area contributed by atoms with Crippen LogP contribution in [-0.2, 0) is 65.4 Å². The van der Waals surface area contributed by atoms with Gasteiger partial charge in [0, 0.05) is 25.7 Å². The summed E-state index contributed by atoms with van der Waals surface area (Å²) in [6.45, 7) is 11.8. The van der Waals surface area contributed by atoms with Crippen LogP contribution in [0.4, 0.5) is 0 Å². The Balaban J connectivity index is 5.24. The molecule has 0 heterocycles. The van der Waals surface area contributed by atoms with E-state index in [1.54, 1.807) is 0 Å². The van der Waals surface area contributed by atoms with Gasteiger partial charge in [-0.2, -0.15) is 0 Å². The second kappa shape index (κ2) is 61.0. The van der Waals surface area contributed by atoms with E-state index in [0.29, 0.717) is 25.7 Å². The van der Waals surface area contributed by atoms with Gasteiger partial charge < -0.3 is 33.8 Å². The molecule has 0 aliphatic heterocycles. The summed E-state index contributed by atoms with van der Waals surface area (Å²) in [6.07, 6.45) is 44.5. The van der Waals surface area contributed by atoms with E-state index < -0.39 is 97.5 Å². The highest BCUT2D eigenvalue weighted by Crippen LogP contribution is 2.45. The summed E-state index contributed by atoms with van der Waals surface area (Å²) in [5.41, 5.74) is 0. The van der Waals surface area contributed by atoms with Crippen molar-refractivity contribution in [2.45, 2.75) is 369 Å². The number of esters is 4. The van der Waals surface area contributed by atoms with Crippen LogP contribution in [0.3, 0.4) is 0 Å². The topological polar surface area (TPSA) is 237 Å². The highest BCUT2D eigenvalue weighted by Gasteiger charge is 2.30. The van der Waals surface area contributed by atoms with Gasteiger partial charge in [-0.15, -0.1) is 0 Å². The number of ether oxygens (including phenoxy) is 4. The second-order valence-electron chi connectivity index (χ2n) is 26.0. The van der Waals surface area contributed by atoms with Crippen molar-refractivity contribution in [2.75, 3.05) is 39.6 Å². The first-order valence-corrected chi connectivity index (χ1v) is 39.5. The average Bonchev–Trinajstić information content (AvgIpc) is 3.54. The van der Waals surface area contributed by atoms with Crippen molar-refractivity contribution in [2.24, 2.45) is 17.8 Å². The number of unbranched alkanes of at least 4 members (excludes halogenated alkanes) is 33. The molecule has 0 spiro atoms. The number of phosphoric acid groups is 2. The molecule has 0 aliphatic rings. The van der Waals surface area contributed by atoms with Crippen molar-refractivity contribution < 1.29 is 80.2 Å². The maximum Gasteiger partial charge on any atom is 0.472 e. The summed E-state index contributed by atoms with van der Waals surface area (Å²) in [4.78, 5) is 72.5. The molecule has 5 unspecified atom stereocenters. The Kier molecular flexibility index (Phi) is 59.6. The lowest BCUT2D eigenvalue weighted by Gasteiger charge is -2.21. The molecule has 0 radical (unpaired) electrons. The third-order valence-corrected chi connectivity index (χ3v) is 19.1. The van der Waals surface area contributed by atoms with Gasteiger partial charge in [-0.25, -0.2) is 9.13 Å². The maximum absolute atomic E-state index is 13.0. The van der Waals surface area contributed by atoms with E-state index in [1.165, 1.54) is 154 Å². The van der Waals surface area contributed by atoms with Crippen LogP contribution in [0.1, 0.15) is 350 Å². The summed E-state index contributed by atoms with van der Waals surface area (Å²) in [5, 5.41) is 10.6. The molecule has 8 atom stereocenters. The quantitative estimate of drug-likeness (QED) is 0.0222. The van der Waals surface area contributed by atoms with Crippen LogP contribution in [0.2, 0.25) is 0 Å². The highest BCUT2D eigenvalue weighted by molar-refractivity contribution is 7.47. The zero-order chi connectivity index (χ0) is 65.9. The first-order chi connectivity index (χ1) is 42.8. The van der Waals surface area contributed by atoms with Gasteiger partial charge in [-0.3, -0.25) is 37.3 Å². The monoisotopic (exact) mass is 1310 g/mol. The molecule has 0 aliphatic carbocycles. The largest absolute Gasteiger partial charge is 0.472 e. The van der Waals surface area contributed by atoms with Crippen molar-refractivity contribution >= 4 is 39.5 Å².